The van der Waals surface area contributed by atoms with Gasteiger partial charge in [-0.25, -0.2) is 0 Å². The monoisotopic (exact) mass is 287 g/mol. The number of hydrogen-bond donors (Lipinski definition) is 1. The molecule has 0 bridgehead atoms. The highest BCUT2D eigenvalue weighted by atomic mass is 32.1. The SMILES string of the molecule is CCNC(c1csc(C)c1)c1ccccc1C(C)(C)C. The van der Waals surface area contributed by atoms with E-state index in [-0.39, 0.29) is 5.41 Å². The van der Waals surface area contributed by atoms with Gasteiger partial charge in [0.2, 0.25) is 0 Å². The first kappa shape index (κ1) is 15.3. The molecule has 0 aliphatic carbocycles. The summed E-state index contributed by atoms with van der Waals surface area (Å²) in [6.45, 7) is 12.2. The predicted octanol–water partition coefficient (Wildman–Crippen LogP) is 5.05. The third kappa shape index (κ3) is 3.31. The fourth-order valence-corrected chi connectivity index (χ4v) is 3.39. The normalized spacial score (nSPS) is 13.4. The van der Waals surface area contributed by atoms with E-state index in [0.717, 1.165) is 6.54 Å². The molecule has 0 fully saturated rings. The summed E-state index contributed by atoms with van der Waals surface area (Å²) in [6, 6.07) is 11.4. The average molecular weight is 287 g/mol. The number of benzene rings is 1. The zero-order chi connectivity index (χ0) is 14.8. The molecule has 0 spiro atoms. The van der Waals surface area contributed by atoms with Gasteiger partial charge in [-0.15, -0.1) is 11.3 Å². The summed E-state index contributed by atoms with van der Waals surface area (Å²) in [7, 11) is 0. The molecule has 2 rings (SSSR count). The molecule has 108 valence electrons. The molecule has 0 saturated heterocycles. The van der Waals surface area contributed by atoms with Crippen LogP contribution in [0, 0.1) is 6.92 Å². The summed E-state index contributed by atoms with van der Waals surface area (Å²) < 4.78 is 0. The van der Waals surface area contributed by atoms with E-state index in [1.165, 1.54) is 21.6 Å². The lowest BCUT2D eigenvalue weighted by Gasteiger charge is -2.28. The van der Waals surface area contributed by atoms with Crippen LogP contribution in [0.4, 0.5) is 0 Å². The molecule has 1 unspecified atom stereocenters. The van der Waals surface area contributed by atoms with Gasteiger partial charge in [-0.2, -0.15) is 0 Å². The van der Waals surface area contributed by atoms with E-state index < -0.39 is 0 Å². The van der Waals surface area contributed by atoms with Crippen LogP contribution in [0.1, 0.15) is 55.3 Å². The van der Waals surface area contributed by atoms with Gasteiger partial charge in [0.15, 0.2) is 0 Å². The third-order valence-corrected chi connectivity index (χ3v) is 4.45. The van der Waals surface area contributed by atoms with Crippen molar-refractivity contribution in [2.24, 2.45) is 0 Å². The maximum absolute atomic E-state index is 3.65. The van der Waals surface area contributed by atoms with Gasteiger partial charge in [0.25, 0.3) is 0 Å². The first-order chi connectivity index (χ1) is 9.43. The van der Waals surface area contributed by atoms with Gasteiger partial charge in [0.1, 0.15) is 0 Å². The summed E-state index contributed by atoms with van der Waals surface area (Å²) in [5.41, 5.74) is 4.37. The molecule has 1 aromatic carbocycles. The van der Waals surface area contributed by atoms with Gasteiger partial charge in [-0.3, -0.25) is 0 Å². The van der Waals surface area contributed by atoms with E-state index in [4.69, 9.17) is 0 Å². The highest BCUT2D eigenvalue weighted by Crippen LogP contribution is 2.34. The first-order valence-corrected chi connectivity index (χ1v) is 8.19. The molecule has 1 aromatic heterocycles. The summed E-state index contributed by atoms with van der Waals surface area (Å²) in [4.78, 5) is 1.37. The van der Waals surface area contributed by atoms with Gasteiger partial charge in [0.05, 0.1) is 6.04 Å². The second-order valence-electron chi connectivity index (χ2n) is 6.32. The van der Waals surface area contributed by atoms with Crippen molar-refractivity contribution < 1.29 is 0 Å². The molecule has 2 heteroatoms. The largest absolute Gasteiger partial charge is 0.306 e. The lowest BCUT2D eigenvalue weighted by Crippen LogP contribution is -2.25. The van der Waals surface area contributed by atoms with Crippen molar-refractivity contribution >= 4 is 11.3 Å². The van der Waals surface area contributed by atoms with Crippen LogP contribution >= 0.6 is 11.3 Å². The average Bonchev–Trinajstić information content (AvgIpc) is 2.81. The molecule has 2 aromatic rings. The first-order valence-electron chi connectivity index (χ1n) is 7.31. The van der Waals surface area contributed by atoms with Crippen LogP contribution in [0.15, 0.2) is 35.7 Å². The number of hydrogen-bond acceptors (Lipinski definition) is 2. The Bertz CT molecular complexity index is 563. The zero-order valence-electron chi connectivity index (χ0n) is 13.2. The van der Waals surface area contributed by atoms with Crippen molar-refractivity contribution in [3.8, 4) is 0 Å². The van der Waals surface area contributed by atoms with Gasteiger partial charge >= 0.3 is 0 Å². The molecule has 1 nitrogen and oxygen atoms in total. The van der Waals surface area contributed by atoms with Crippen molar-refractivity contribution in [2.75, 3.05) is 6.54 Å². The van der Waals surface area contributed by atoms with Crippen LogP contribution in [-0.4, -0.2) is 6.54 Å². The second kappa shape index (κ2) is 6.11. The Morgan fingerprint density at radius 2 is 1.90 bits per heavy atom. The standard InChI is InChI=1S/C18H25NS/c1-6-19-17(14-11-13(2)20-12-14)15-9-7-8-10-16(15)18(3,4)5/h7-12,17,19H,6H2,1-5H3. The molecule has 1 N–H and O–H groups in total. The molecule has 0 aliphatic heterocycles. The summed E-state index contributed by atoms with van der Waals surface area (Å²) in [5.74, 6) is 0. The summed E-state index contributed by atoms with van der Waals surface area (Å²) in [5, 5.41) is 5.93. The van der Waals surface area contributed by atoms with Crippen LogP contribution in [0.25, 0.3) is 0 Å². The summed E-state index contributed by atoms with van der Waals surface area (Å²) in [6.07, 6.45) is 0. The van der Waals surface area contributed by atoms with Crippen LogP contribution < -0.4 is 5.32 Å². The van der Waals surface area contributed by atoms with Crippen molar-refractivity contribution in [3.05, 3.63) is 57.3 Å². The van der Waals surface area contributed by atoms with Crippen LogP contribution in [-0.2, 0) is 5.41 Å². The highest BCUT2D eigenvalue weighted by molar-refractivity contribution is 7.10. The second-order valence-corrected chi connectivity index (χ2v) is 7.43. The zero-order valence-corrected chi connectivity index (χ0v) is 14.0. The van der Waals surface area contributed by atoms with E-state index in [2.05, 4.69) is 75.6 Å². The summed E-state index contributed by atoms with van der Waals surface area (Å²) >= 11 is 1.83. The Hall–Kier alpha value is -1.12. The van der Waals surface area contributed by atoms with Crippen molar-refractivity contribution in [1.82, 2.24) is 5.32 Å². The Balaban J connectivity index is 2.50. The van der Waals surface area contributed by atoms with Crippen molar-refractivity contribution in [3.63, 3.8) is 0 Å². The van der Waals surface area contributed by atoms with Gasteiger partial charge < -0.3 is 5.32 Å². The third-order valence-electron chi connectivity index (χ3n) is 3.57. The number of thiophene rings is 1. The molecular weight excluding hydrogens is 262 g/mol. The molecule has 1 atom stereocenters. The van der Waals surface area contributed by atoms with Gasteiger partial charge in [-0.1, -0.05) is 52.0 Å². The highest BCUT2D eigenvalue weighted by Gasteiger charge is 2.23. The van der Waals surface area contributed by atoms with Crippen molar-refractivity contribution in [1.29, 1.82) is 0 Å². The van der Waals surface area contributed by atoms with Gasteiger partial charge in [0, 0.05) is 4.88 Å². The number of rotatable bonds is 4. The minimum Gasteiger partial charge on any atom is -0.306 e. The predicted molar refractivity (Wildman–Crippen MR) is 89.7 cm³/mol. The lowest BCUT2D eigenvalue weighted by molar-refractivity contribution is 0.557. The van der Waals surface area contributed by atoms with Gasteiger partial charge in [-0.05, 0) is 47.0 Å². The Labute approximate surface area is 127 Å². The maximum Gasteiger partial charge on any atom is 0.0587 e. The van der Waals surface area contributed by atoms with Crippen LogP contribution in [0.3, 0.4) is 0 Å². The molecular formula is C18H25NS. The Morgan fingerprint density at radius 1 is 1.20 bits per heavy atom. The number of aryl methyl sites for hydroxylation is 1. The smallest absolute Gasteiger partial charge is 0.0587 e. The number of nitrogens with one attached hydrogen (secondary N) is 1. The fraction of sp³-hybridized carbons (Fsp3) is 0.444. The van der Waals surface area contributed by atoms with E-state index in [9.17, 15) is 0 Å². The van der Waals surface area contributed by atoms with E-state index >= 15 is 0 Å². The molecule has 20 heavy (non-hydrogen) atoms. The van der Waals surface area contributed by atoms with Crippen LogP contribution in [0.5, 0.6) is 0 Å². The molecule has 0 aliphatic rings. The van der Waals surface area contributed by atoms with E-state index in [1.807, 2.05) is 11.3 Å². The van der Waals surface area contributed by atoms with E-state index in [0.29, 0.717) is 6.04 Å². The molecule has 0 saturated carbocycles. The fourth-order valence-electron chi connectivity index (χ4n) is 2.66. The minimum absolute atomic E-state index is 0.162. The van der Waals surface area contributed by atoms with Crippen molar-refractivity contribution in [2.45, 2.75) is 46.1 Å². The van der Waals surface area contributed by atoms with E-state index in [1.54, 1.807) is 0 Å². The topological polar surface area (TPSA) is 12.0 Å². The Morgan fingerprint density at radius 3 is 2.45 bits per heavy atom. The minimum atomic E-state index is 0.162. The maximum atomic E-state index is 3.65. The quantitative estimate of drug-likeness (QED) is 0.829. The molecule has 0 radical (unpaired) electrons. The molecule has 0 amide bonds. The van der Waals surface area contributed by atoms with Crippen LogP contribution in [0.2, 0.25) is 0 Å². The lowest BCUT2D eigenvalue weighted by atomic mass is 9.81. The Kier molecular flexibility index (Phi) is 4.66. The molecule has 1 heterocycles.